The zero-order valence-electron chi connectivity index (χ0n) is 15.1. The lowest BCUT2D eigenvalue weighted by Gasteiger charge is -2.07. The molecule has 0 atom stereocenters. The van der Waals surface area contributed by atoms with E-state index >= 15 is 0 Å². The Labute approximate surface area is 165 Å². The van der Waals surface area contributed by atoms with Gasteiger partial charge in [0.2, 0.25) is 17.4 Å². The first kappa shape index (κ1) is 17.1. The fraction of sp³-hybridized carbons (Fsp3) is 0.182. The Hall–Kier alpha value is -3.05. The minimum atomic E-state index is -0.429. The van der Waals surface area contributed by atoms with Crippen molar-refractivity contribution in [3.8, 4) is 17.0 Å². The zero-order valence-corrected chi connectivity index (χ0v) is 15.9. The number of hydrogen-bond acceptors (Lipinski definition) is 4. The highest BCUT2D eigenvalue weighted by molar-refractivity contribution is 6.34. The van der Waals surface area contributed by atoms with Gasteiger partial charge in [-0.05, 0) is 48.9 Å². The Morgan fingerprint density at radius 1 is 1.21 bits per heavy atom. The number of ketones is 1. The van der Waals surface area contributed by atoms with Gasteiger partial charge in [-0.3, -0.25) is 4.79 Å². The molecule has 5 nitrogen and oxygen atoms in total. The van der Waals surface area contributed by atoms with Gasteiger partial charge in [0.05, 0.1) is 21.8 Å². The second-order valence-electron chi connectivity index (χ2n) is 7.28. The molecular weight excluding hydrogens is 376 g/mol. The van der Waals surface area contributed by atoms with E-state index in [4.69, 9.17) is 16.1 Å². The second kappa shape index (κ2) is 6.24. The highest BCUT2D eigenvalue weighted by Gasteiger charge is 2.25. The SMILES string of the molecule is Cc1cc(C(=O)c2c(O)[nH]c3cc(Cl)c(-c4ccc(C5CC5)cc4)cc23)on1. The van der Waals surface area contributed by atoms with Crippen molar-refractivity contribution in [2.75, 3.05) is 0 Å². The summed E-state index contributed by atoms with van der Waals surface area (Å²) in [4.78, 5) is 15.7. The van der Waals surface area contributed by atoms with Crippen molar-refractivity contribution in [2.45, 2.75) is 25.7 Å². The van der Waals surface area contributed by atoms with Crippen molar-refractivity contribution >= 4 is 28.3 Å². The number of benzene rings is 2. The third-order valence-electron chi connectivity index (χ3n) is 5.22. The molecular formula is C22H17ClN2O3. The molecule has 0 spiro atoms. The number of aromatic hydroxyl groups is 1. The summed E-state index contributed by atoms with van der Waals surface area (Å²) in [7, 11) is 0. The molecule has 28 heavy (non-hydrogen) atoms. The summed E-state index contributed by atoms with van der Waals surface area (Å²) in [6.45, 7) is 1.73. The number of fused-ring (bicyclic) bond motifs is 1. The smallest absolute Gasteiger partial charge is 0.237 e. The van der Waals surface area contributed by atoms with Gasteiger partial charge in [0.15, 0.2) is 0 Å². The number of rotatable bonds is 4. The van der Waals surface area contributed by atoms with E-state index in [0.717, 1.165) is 11.1 Å². The summed E-state index contributed by atoms with van der Waals surface area (Å²) in [5.41, 5.74) is 4.45. The minimum Gasteiger partial charge on any atom is -0.494 e. The quantitative estimate of drug-likeness (QED) is 0.443. The van der Waals surface area contributed by atoms with Gasteiger partial charge in [-0.25, -0.2) is 0 Å². The maximum atomic E-state index is 12.9. The number of aromatic nitrogens is 2. The number of nitrogens with zero attached hydrogens (tertiary/aromatic N) is 1. The van der Waals surface area contributed by atoms with Crippen LogP contribution in [0.5, 0.6) is 5.88 Å². The first-order valence-electron chi connectivity index (χ1n) is 9.14. The summed E-state index contributed by atoms with van der Waals surface area (Å²) in [6, 6.07) is 13.5. The molecule has 0 saturated heterocycles. The third-order valence-corrected chi connectivity index (χ3v) is 5.53. The van der Waals surface area contributed by atoms with E-state index in [1.165, 1.54) is 18.4 Å². The van der Waals surface area contributed by atoms with Crippen molar-refractivity contribution in [1.82, 2.24) is 10.1 Å². The van der Waals surface area contributed by atoms with Gasteiger partial charge in [-0.2, -0.15) is 0 Å². The zero-order chi connectivity index (χ0) is 19.4. The predicted molar refractivity (Wildman–Crippen MR) is 107 cm³/mol. The van der Waals surface area contributed by atoms with Crippen LogP contribution in [-0.4, -0.2) is 21.0 Å². The van der Waals surface area contributed by atoms with Crippen LogP contribution in [0.2, 0.25) is 5.02 Å². The molecule has 5 rings (SSSR count). The highest BCUT2D eigenvalue weighted by Crippen LogP contribution is 2.41. The minimum absolute atomic E-state index is 0.0824. The van der Waals surface area contributed by atoms with Gasteiger partial charge >= 0.3 is 0 Å². The van der Waals surface area contributed by atoms with E-state index in [-0.39, 0.29) is 17.2 Å². The maximum Gasteiger partial charge on any atom is 0.237 e. The normalized spacial score (nSPS) is 13.9. The molecule has 2 N–H and O–H groups in total. The molecule has 140 valence electrons. The van der Waals surface area contributed by atoms with Crippen LogP contribution in [0.1, 0.15) is 46.1 Å². The van der Waals surface area contributed by atoms with E-state index in [9.17, 15) is 9.90 Å². The summed E-state index contributed by atoms with van der Waals surface area (Å²) in [6.07, 6.45) is 2.50. The Kier molecular flexibility index (Phi) is 3.81. The topological polar surface area (TPSA) is 79.1 Å². The van der Waals surface area contributed by atoms with Crippen LogP contribution in [0.4, 0.5) is 0 Å². The van der Waals surface area contributed by atoms with E-state index < -0.39 is 5.78 Å². The van der Waals surface area contributed by atoms with Crippen molar-refractivity contribution in [3.63, 3.8) is 0 Å². The number of hydrogen-bond donors (Lipinski definition) is 2. The molecule has 6 heteroatoms. The van der Waals surface area contributed by atoms with Crippen LogP contribution in [0.25, 0.3) is 22.0 Å². The van der Waals surface area contributed by atoms with E-state index in [1.807, 2.05) is 6.07 Å². The summed E-state index contributed by atoms with van der Waals surface area (Å²) in [5.74, 6) is 0.121. The molecule has 0 amide bonds. The predicted octanol–water partition coefficient (Wildman–Crippen LogP) is 5.60. The highest BCUT2D eigenvalue weighted by atomic mass is 35.5. The van der Waals surface area contributed by atoms with Gasteiger partial charge < -0.3 is 14.6 Å². The number of aromatic amines is 1. The molecule has 1 saturated carbocycles. The molecule has 0 bridgehead atoms. The Morgan fingerprint density at radius 2 is 1.96 bits per heavy atom. The molecule has 2 aromatic carbocycles. The van der Waals surface area contributed by atoms with Gasteiger partial charge in [-0.15, -0.1) is 0 Å². The summed E-state index contributed by atoms with van der Waals surface area (Å²) >= 11 is 6.50. The van der Waals surface area contributed by atoms with Crippen LogP contribution in [0.15, 0.2) is 47.0 Å². The van der Waals surface area contributed by atoms with Gasteiger partial charge in [0, 0.05) is 17.0 Å². The maximum absolute atomic E-state index is 12.9. The Balaban J connectivity index is 1.63. The van der Waals surface area contributed by atoms with Gasteiger partial charge in [0.25, 0.3) is 0 Å². The molecule has 1 aliphatic rings. The lowest BCUT2D eigenvalue weighted by Crippen LogP contribution is -1.99. The monoisotopic (exact) mass is 392 g/mol. The van der Waals surface area contributed by atoms with E-state index in [1.54, 1.807) is 19.1 Å². The fourth-order valence-electron chi connectivity index (χ4n) is 3.60. The number of nitrogens with one attached hydrogen (secondary N) is 1. The van der Waals surface area contributed by atoms with Crippen LogP contribution in [-0.2, 0) is 0 Å². The van der Waals surface area contributed by atoms with Gasteiger partial charge in [0.1, 0.15) is 0 Å². The molecule has 0 aliphatic heterocycles. The van der Waals surface area contributed by atoms with Crippen molar-refractivity contribution in [2.24, 2.45) is 0 Å². The van der Waals surface area contributed by atoms with Crippen LogP contribution in [0.3, 0.4) is 0 Å². The fourth-order valence-corrected chi connectivity index (χ4v) is 3.87. The molecule has 1 aliphatic carbocycles. The van der Waals surface area contributed by atoms with E-state index in [2.05, 4.69) is 34.4 Å². The van der Waals surface area contributed by atoms with E-state index in [0.29, 0.717) is 27.5 Å². The lowest BCUT2D eigenvalue weighted by atomic mass is 9.99. The number of aryl methyl sites for hydroxylation is 1. The average Bonchev–Trinajstić information content (AvgIpc) is 3.36. The second-order valence-corrected chi connectivity index (χ2v) is 7.69. The summed E-state index contributed by atoms with van der Waals surface area (Å²) in [5, 5.41) is 15.2. The Morgan fingerprint density at radius 3 is 2.61 bits per heavy atom. The van der Waals surface area contributed by atoms with Gasteiger partial charge in [-0.1, -0.05) is 41.0 Å². The first-order valence-corrected chi connectivity index (χ1v) is 9.51. The van der Waals surface area contributed by atoms with Crippen molar-refractivity contribution < 1.29 is 14.4 Å². The molecule has 2 heterocycles. The van der Waals surface area contributed by atoms with Crippen molar-refractivity contribution in [1.29, 1.82) is 0 Å². The molecule has 0 radical (unpaired) electrons. The van der Waals surface area contributed by atoms with Crippen LogP contribution >= 0.6 is 11.6 Å². The third kappa shape index (κ3) is 2.79. The Bertz CT molecular complexity index is 1220. The number of H-pyrrole nitrogens is 1. The number of carbonyl (C=O) groups excluding carboxylic acids is 1. The summed E-state index contributed by atoms with van der Waals surface area (Å²) < 4.78 is 5.08. The number of halogens is 1. The molecule has 1 fully saturated rings. The van der Waals surface area contributed by atoms with Crippen LogP contribution < -0.4 is 0 Å². The standard InChI is InChI=1S/C22H17ClN2O3/c1-11-8-19(28-25-11)21(26)20-16-9-15(17(23)10-18(16)24-22(20)27)14-6-4-13(5-7-14)12-2-3-12/h4-10,12,24,27H,2-3H2,1H3. The molecule has 0 unspecified atom stereocenters. The lowest BCUT2D eigenvalue weighted by molar-refractivity contribution is 0.0999. The molecule has 4 aromatic rings. The van der Waals surface area contributed by atoms with Crippen LogP contribution in [0, 0.1) is 6.92 Å². The first-order chi connectivity index (χ1) is 13.5. The largest absolute Gasteiger partial charge is 0.494 e. The van der Waals surface area contributed by atoms with Crippen molar-refractivity contribution in [3.05, 3.63) is 70.1 Å². The molecule has 2 aromatic heterocycles. The number of carbonyl (C=O) groups is 1. The average molecular weight is 393 g/mol.